The van der Waals surface area contributed by atoms with Crippen LogP contribution in [-0.2, 0) is 0 Å². The fourth-order valence-electron chi connectivity index (χ4n) is 6.14. The molecule has 0 saturated heterocycles. The number of rotatable bonds is 1. The highest BCUT2D eigenvalue weighted by Crippen LogP contribution is 2.47. The summed E-state index contributed by atoms with van der Waals surface area (Å²) in [6, 6.07) is 44.7. The van der Waals surface area contributed by atoms with E-state index in [2.05, 4.69) is 121 Å². The van der Waals surface area contributed by atoms with Crippen molar-refractivity contribution in [2.45, 2.75) is 0 Å². The Morgan fingerprint density at radius 1 is 0.294 bits per heavy atom. The summed E-state index contributed by atoms with van der Waals surface area (Å²) in [5, 5.41) is 16.0. The maximum atomic E-state index is 2.41. The zero-order valence-electron chi connectivity index (χ0n) is 18.5. The SMILES string of the molecule is c1ccc(-c2ccc3c4cccc5c6ccccc6cc(c6cc7ccccc7c2c36)c54)cc1. The van der Waals surface area contributed by atoms with Gasteiger partial charge in [0.25, 0.3) is 0 Å². The molecule has 0 nitrogen and oxygen atoms in total. The molecular formula is C34H20. The van der Waals surface area contributed by atoms with E-state index in [4.69, 9.17) is 0 Å². The van der Waals surface area contributed by atoms with Gasteiger partial charge in [-0.25, -0.2) is 0 Å². The maximum Gasteiger partial charge on any atom is -0.00137 e. The predicted molar refractivity (Wildman–Crippen MR) is 148 cm³/mol. The minimum absolute atomic E-state index is 1.26. The third-order valence-electron chi connectivity index (χ3n) is 7.55. The third kappa shape index (κ3) is 2.27. The first kappa shape index (κ1) is 18.1. The molecule has 0 aromatic heterocycles. The monoisotopic (exact) mass is 428 g/mol. The first-order chi connectivity index (χ1) is 16.9. The van der Waals surface area contributed by atoms with Gasteiger partial charge < -0.3 is 0 Å². The quantitative estimate of drug-likeness (QED) is 0.180. The van der Waals surface area contributed by atoms with Gasteiger partial charge in [0.15, 0.2) is 0 Å². The molecule has 34 heavy (non-hydrogen) atoms. The summed E-state index contributed by atoms with van der Waals surface area (Å²) in [5.74, 6) is 0. The lowest BCUT2D eigenvalue weighted by Crippen LogP contribution is -1.91. The number of hydrogen-bond donors (Lipinski definition) is 0. The molecule has 0 aliphatic heterocycles. The molecule has 0 unspecified atom stereocenters. The van der Waals surface area contributed by atoms with Crippen LogP contribution in [0.15, 0.2) is 121 Å². The Kier molecular flexibility index (Phi) is 3.48. The topological polar surface area (TPSA) is 0 Å². The zero-order chi connectivity index (χ0) is 22.2. The summed E-state index contributed by atoms with van der Waals surface area (Å²) < 4.78 is 0. The van der Waals surface area contributed by atoms with Gasteiger partial charge in [-0.1, -0.05) is 109 Å². The van der Waals surface area contributed by atoms with Crippen LogP contribution in [-0.4, -0.2) is 0 Å². The van der Waals surface area contributed by atoms with E-state index >= 15 is 0 Å². The van der Waals surface area contributed by atoms with Gasteiger partial charge in [0.1, 0.15) is 0 Å². The average Bonchev–Trinajstić information content (AvgIpc) is 2.91. The van der Waals surface area contributed by atoms with Gasteiger partial charge in [0.2, 0.25) is 0 Å². The second-order valence-electron chi connectivity index (χ2n) is 9.30. The first-order valence-electron chi connectivity index (χ1n) is 11.9. The van der Waals surface area contributed by atoms with Crippen molar-refractivity contribution in [2.24, 2.45) is 0 Å². The molecule has 8 aromatic rings. The largest absolute Gasteiger partial charge is 0.0622 e. The molecular weight excluding hydrogens is 408 g/mol. The average molecular weight is 429 g/mol. The number of hydrogen-bond acceptors (Lipinski definition) is 0. The van der Waals surface area contributed by atoms with Crippen LogP contribution in [0, 0.1) is 0 Å². The van der Waals surface area contributed by atoms with Gasteiger partial charge in [-0.05, 0) is 87.9 Å². The van der Waals surface area contributed by atoms with Gasteiger partial charge in [0.05, 0.1) is 0 Å². The van der Waals surface area contributed by atoms with Crippen LogP contribution in [0.1, 0.15) is 0 Å². The summed E-state index contributed by atoms with van der Waals surface area (Å²) in [5.41, 5.74) is 2.56. The number of benzene rings is 8. The van der Waals surface area contributed by atoms with E-state index in [0.717, 1.165) is 0 Å². The van der Waals surface area contributed by atoms with Crippen LogP contribution in [0.4, 0.5) is 0 Å². The van der Waals surface area contributed by atoms with E-state index in [9.17, 15) is 0 Å². The molecule has 0 spiro atoms. The lowest BCUT2D eigenvalue weighted by Gasteiger charge is -2.19. The van der Waals surface area contributed by atoms with Crippen molar-refractivity contribution >= 4 is 64.6 Å². The highest BCUT2D eigenvalue weighted by molar-refractivity contribution is 6.40. The molecule has 0 amide bonds. The van der Waals surface area contributed by atoms with Gasteiger partial charge in [-0.15, -0.1) is 0 Å². The van der Waals surface area contributed by atoms with Gasteiger partial charge in [-0.3, -0.25) is 0 Å². The molecule has 0 N–H and O–H groups in total. The van der Waals surface area contributed by atoms with Crippen molar-refractivity contribution in [1.82, 2.24) is 0 Å². The van der Waals surface area contributed by atoms with Crippen molar-refractivity contribution in [1.29, 1.82) is 0 Å². The Morgan fingerprint density at radius 3 is 1.65 bits per heavy atom. The molecule has 0 heteroatoms. The fraction of sp³-hybridized carbons (Fsp3) is 0. The smallest absolute Gasteiger partial charge is 0.00137 e. The number of fused-ring (bicyclic) bond motifs is 6. The molecule has 0 fully saturated rings. The Balaban J connectivity index is 1.73. The third-order valence-corrected chi connectivity index (χ3v) is 7.55. The lowest BCUT2D eigenvalue weighted by atomic mass is 9.84. The van der Waals surface area contributed by atoms with Crippen LogP contribution < -0.4 is 0 Å². The molecule has 0 atom stereocenters. The van der Waals surface area contributed by atoms with E-state index < -0.39 is 0 Å². The predicted octanol–water partition coefficient (Wildman–Crippen LogP) is 9.71. The molecule has 0 aliphatic rings. The standard InChI is InChI=1S/C34H20/c1-2-9-21(10-3-1)26-17-18-29-28-16-8-15-27-24-13-6-4-11-22(24)19-30(32(27)28)31-20-23-12-5-7-14-25(23)33(26)34(29)31/h1-20H. The first-order valence-corrected chi connectivity index (χ1v) is 11.9. The maximum absolute atomic E-state index is 2.41. The normalized spacial score (nSPS) is 12.1. The summed E-state index contributed by atoms with van der Waals surface area (Å²) in [6.07, 6.45) is 0. The van der Waals surface area contributed by atoms with Crippen molar-refractivity contribution in [3.63, 3.8) is 0 Å². The van der Waals surface area contributed by atoms with Crippen molar-refractivity contribution in [2.75, 3.05) is 0 Å². The van der Waals surface area contributed by atoms with Crippen molar-refractivity contribution in [3.05, 3.63) is 121 Å². The van der Waals surface area contributed by atoms with Gasteiger partial charge in [0, 0.05) is 0 Å². The van der Waals surface area contributed by atoms with E-state index in [1.165, 1.54) is 75.8 Å². The molecule has 8 aromatic carbocycles. The van der Waals surface area contributed by atoms with Crippen molar-refractivity contribution < 1.29 is 0 Å². The second-order valence-corrected chi connectivity index (χ2v) is 9.30. The Labute approximate surface area is 197 Å². The molecule has 8 rings (SSSR count). The summed E-state index contributed by atoms with van der Waals surface area (Å²) in [7, 11) is 0. The Hall–Kier alpha value is -4.42. The molecule has 0 heterocycles. The van der Waals surface area contributed by atoms with Gasteiger partial charge >= 0.3 is 0 Å². The van der Waals surface area contributed by atoms with Crippen LogP contribution in [0.2, 0.25) is 0 Å². The van der Waals surface area contributed by atoms with Crippen LogP contribution in [0.25, 0.3) is 75.8 Å². The van der Waals surface area contributed by atoms with Crippen LogP contribution in [0.3, 0.4) is 0 Å². The van der Waals surface area contributed by atoms with E-state index in [1.54, 1.807) is 0 Å². The molecule has 0 radical (unpaired) electrons. The molecule has 156 valence electrons. The second kappa shape index (κ2) is 6.56. The summed E-state index contributed by atoms with van der Waals surface area (Å²) >= 11 is 0. The zero-order valence-corrected chi connectivity index (χ0v) is 18.5. The molecule has 0 saturated carbocycles. The van der Waals surface area contributed by atoms with Crippen LogP contribution >= 0.6 is 0 Å². The van der Waals surface area contributed by atoms with Crippen LogP contribution in [0.5, 0.6) is 0 Å². The summed E-state index contributed by atoms with van der Waals surface area (Å²) in [6.45, 7) is 0. The lowest BCUT2D eigenvalue weighted by molar-refractivity contribution is 1.67. The van der Waals surface area contributed by atoms with E-state index in [-0.39, 0.29) is 0 Å². The molecule has 0 aliphatic carbocycles. The highest BCUT2D eigenvalue weighted by atomic mass is 14.2. The van der Waals surface area contributed by atoms with Gasteiger partial charge in [-0.2, -0.15) is 0 Å². The summed E-state index contributed by atoms with van der Waals surface area (Å²) in [4.78, 5) is 0. The molecule has 0 bridgehead atoms. The van der Waals surface area contributed by atoms with Crippen molar-refractivity contribution in [3.8, 4) is 11.1 Å². The fourth-order valence-corrected chi connectivity index (χ4v) is 6.14. The Bertz CT molecular complexity index is 2050. The van der Waals surface area contributed by atoms with E-state index in [1.807, 2.05) is 0 Å². The Morgan fingerprint density at radius 2 is 0.853 bits per heavy atom. The minimum atomic E-state index is 1.26. The van der Waals surface area contributed by atoms with E-state index in [0.29, 0.717) is 0 Å². The minimum Gasteiger partial charge on any atom is -0.0622 e. The highest BCUT2D eigenvalue weighted by Gasteiger charge is 2.18.